The molecule has 0 heterocycles. The maximum absolute atomic E-state index is 12.3. The van der Waals surface area contributed by atoms with Gasteiger partial charge in [0.25, 0.3) is 0 Å². The van der Waals surface area contributed by atoms with E-state index in [2.05, 4.69) is 5.32 Å². The first-order valence-electron chi connectivity index (χ1n) is 7.52. The highest BCUT2D eigenvalue weighted by Crippen LogP contribution is 2.25. The third kappa shape index (κ3) is 5.40. The molecule has 0 fully saturated rings. The van der Waals surface area contributed by atoms with Crippen LogP contribution in [-0.2, 0) is 14.4 Å². The van der Waals surface area contributed by atoms with Crippen molar-refractivity contribution in [2.75, 3.05) is 6.61 Å². The van der Waals surface area contributed by atoms with Crippen molar-refractivity contribution in [3.8, 4) is 0 Å². The monoisotopic (exact) mass is 300 g/mol. The molecular weight excluding hydrogens is 274 g/mol. The van der Waals surface area contributed by atoms with Crippen LogP contribution in [0.15, 0.2) is 12.2 Å². The SMILES string of the molecule is [2H]CC/C=C/C(C(=O)NC(C)C(C)=O)C(O)(CCO)C(C)=O. The molecule has 0 spiro atoms. The Morgan fingerprint density at radius 1 is 1.38 bits per heavy atom. The lowest BCUT2D eigenvalue weighted by Gasteiger charge is -2.31. The fourth-order valence-electron chi connectivity index (χ4n) is 1.82. The molecule has 6 heteroatoms. The molecule has 0 aromatic carbocycles. The van der Waals surface area contributed by atoms with Gasteiger partial charge in [-0.05, 0) is 27.2 Å². The molecule has 0 saturated heterocycles. The van der Waals surface area contributed by atoms with Crippen LogP contribution < -0.4 is 5.32 Å². The zero-order valence-corrected chi connectivity index (χ0v) is 12.8. The number of aliphatic hydroxyl groups excluding tert-OH is 1. The predicted molar refractivity (Wildman–Crippen MR) is 78.5 cm³/mol. The van der Waals surface area contributed by atoms with Gasteiger partial charge in [0.15, 0.2) is 11.6 Å². The molecule has 21 heavy (non-hydrogen) atoms. The summed E-state index contributed by atoms with van der Waals surface area (Å²) in [5.74, 6) is -2.80. The van der Waals surface area contributed by atoms with Crippen LogP contribution in [-0.4, -0.2) is 45.9 Å². The topological polar surface area (TPSA) is 104 Å². The van der Waals surface area contributed by atoms with Crippen molar-refractivity contribution in [3.05, 3.63) is 12.2 Å². The van der Waals surface area contributed by atoms with Gasteiger partial charge in [-0.1, -0.05) is 19.1 Å². The first-order valence-corrected chi connectivity index (χ1v) is 6.81. The number of carbonyl (C=O) groups is 3. The Labute approximate surface area is 126 Å². The number of ketones is 2. The minimum Gasteiger partial charge on any atom is -0.396 e. The van der Waals surface area contributed by atoms with E-state index in [-0.39, 0.29) is 19.1 Å². The van der Waals surface area contributed by atoms with Crippen LogP contribution in [0.2, 0.25) is 0 Å². The van der Waals surface area contributed by atoms with Crippen molar-refractivity contribution in [2.45, 2.75) is 52.2 Å². The van der Waals surface area contributed by atoms with Crippen molar-refractivity contribution in [3.63, 3.8) is 0 Å². The average molecular weight is 300 g/mol. The second kappa shape index (κ2) is 8.69. The molecule has 0 aliphatic carbocycles. The van der Waals surface area contributed by atoms with E-state index >= 15 is 0 Å². The number of Topliss-reactive ketones (excluding diaryl/α,β-unsaturated/α-hetero) is 2. The van der Waals surface area contributed by atoms with Gasteiger partial charge in [0.05, 0.1) is 12.0 Å². The number of amides is 1. The van der Waals surface area contributed by atoms with Gasteiger partial charge in [-0.15, -0.1) is 0 Å². The second-order valence-corrected chi connectivity index (χ2v) is 4.99. The van der Waals surface area contributed by atoms with Crippen LogP contribution in [0.3, 0.4) is 0 Å². The minimum absolute atomic E-state index is 0.104. The van der Waals surface area contributed by atoms with E-state index in [0.29, 0.717) is 6.42 Å². The first-order chi connectivity index (χ1) is 10.2. The van der Waals surface area contributed by atoms with Crippen LogP contribution >= 0.6 is 0 Å². The third-order valence-electron chi connectivity index (χ3n) is 3.36. The molecule has 0 aliphatic heterocycles. The maximum Gasteiger partial charge on any atom is 0.230 e. The lowest BCUT2D eigenvalue weighted by Crippen LogP contribution is -2.53. The number of aliphatic hydroxyl groups is 2. The summed E-state index contributed by atoms with van der Waals surface area (Å²) in [4.78, 5) is 35.3. The predicted octanol–water partition coefficient (Wildman–Crippen LogP) is 0.365. The van der Waals surface area contributed by atoms with Crippen molar-refractivity contribution < 1.29 is 26.0 Å². The molecule has 3 unspecified atom stereocenters. The second-order valence-electron chi connectivity index (χ2n) is 4.99. The van der Waals surface area contributed by atoms with E-state index in [1.807, 2.05) is 0 Å². The average Bonchev–Trinajstić information content (AvgIpc) is 2.43. The smallest absolute Gasteiger partial charge is 0.230 e. The van der Waals surface area contributed by atoms with Crippen LogP contribution in [0.1, 0.15) is 41.9 Å². The molecule has 0 radical (unpaired) electrons. The molecule has 0 aromatic heterocycles. The standard InChI is InChI=1S/C15H25NO5/c1-5-6-7-13(14(20)16-10(2)11(3)18)15(21,8-9-17)12(4)19/h6-7,10,13,17,21H,5,8-9H2,1-4H3,(H,16,20)/b7-6+/i1D. The minimum atomic E-state index is -2.05. The Balaban J connectivity index is 5.46. The highest BCUT2D eigenvalue weighted by Gasteiger charge is 2.43. The van der Waals surface area contributed by atoms with E-state index < -0.39 is 35.9 Å². The summed E-state index contributed by atoms with van der Waals surface area (Å²) in [5, 5.41) is 22.0. The summed E-state index contributed by atoms with van der Waals surface area (Å²) in [6.45, 7) is 3.61. The van der Waals surface area contributed by atoms with E-state index in [4.69, 9.17) is 6.48 Å². The Kier molecular flexibility index (Phi) is 7.25. The molecule has 0 saturated carbocycles. The maximum atomic E-state index is 12.3. The Hall–Kier alpha value is -1.53. The highest BCUT2D eigenvalue weighted by atomic mass is 16.3. The molecule has 3 N–H and O–H groups in total. The molecule has 3 atom stereocenters. The van der Waals surface area contributed by atoms with Gasteiger partial charge in [0, 0.05) is 14.4 Å². The van der Waals surface area contributed by atoms with Crippen LogP contribution in [0.25, 0.3) is 0 Å². The summed E-state index contributed by atoms with van der Waals surface area (Å²) in [6, 6.07) is -0.745. The van der Waals surface area contributed by atoms with Gasteiger partial charge in [-0.25, -0.2) is 0 Å². The van der Waals surface area contributed by atoms with Crippen molar-refractivity contribution in [2.24, 2.45) is 5.92 Å². The molecule has 0 aromatic rings. The number of hydrogen-bond donors (Lipinski definition) is 3. The molecule has 0 rings (SSSR count). The van der Waals surface area contributed by atoms with E-state index in [1.165, 1.54) is 26.0 Å². The lowest BCUT2D eigenvalue weighted by molar-refractivity contribution is -0.149. The van der Waals surface area contributed by atoms with Gasteiger partial charge >= 0.3 is 0 Å². The molecule has 1 amide bonds. The van der Waals surface area contributed by atoms with E-state index in [0.717, 1.165) is 6.92 Å². The fraction of sp³-hybridized carbons (Fsp3) is 0.667. The van der Waals surface area contributed by atoms with Crippen LogP contribution in [0.5, 0.6) is 0 Å². The quantitative estimate of drug-likeness (QED) is 0.534. The molecule has 6 nitrogen and oxygen atoms in total. The highest BCUT2D eigenvalue weighted by molar-refractivity contribution is 5.95. The number of nitrogens with one attached hydrogen (secondary N) is 1. The summed E-state index contributed by atoms with van der Waals surface area (Å²) in [6.07, 6.45) is 2.95. The van der Waals surface area contributed by atoms with Gasteiger partial charge in [-0.3, -0.25) is 14.4 Å². The molecule has 120 valence electrons. The van der Waals surface area contributed by atoms with Crippen LogP contribution in [0, 0.1) is 5.92 Å². The fourth-order valence-corrected chi connectivity index (χ4v) is 1.82. The zero-order valence-electron chi connectivity index (χ0n) is 13.8. The van der Waals surface area contributed by atoms with Crippen LogP contribution in [0.4, 0.5) is 0 Å². The summed E-state index contributed by atoms with van der Waals surface area (Å²) in [5.41, 5.74) is -2.05. The van der Waals surface area contributed by atoms with Gasteiger partial charge in [-0.2, -0.15) is 0 Å². The number of hydrogen-bond acceptors (Lipinski definition) is 5. The van der Waals surface area contributed by atoms with Gasteiger partial charge < -0.3 is 15.5 Å². The van der Waals surface area contributed by atoms with Crippen molar-refractivity contribution in [1.29, 1.82) is 0 Å². The summed E-state index contributed by atoms with van der Waals surface area (Å²) >= 11 is 0. The Morgan fingerprint density at radius 2 is 2.00 bits per heavy atom. The Bertz CT molecular complexity index is 438. The van der Waals surface area contributed by atoms with Crippen molar-refractivity contribution >= 4 is 17.5 Å². The molecule has 0 aliphatic rings. The summed E-state index contributed by atoms with van der Waals surface area (Å²) in [7, 11) is 0. The largest absolute Gasteiger partial charge is 0.396 e. The number of rotatable bonds is 9. The Morgan fingerprint density at radius 3 is 2.43 bits per heavy atom. The summed E-state index contributed by atoms with van der Waals surface area (Å²) < 4.78 is 7.08. The first kappa shape index (κ1) is 17.5. The molecular formula is C15H25NO5. The normalized spacial score (nSPS) is 17.7. The van der Waals surface area contributed by atoms with E-state index in [9.17, 15) is 19.5 Å². The molecule has 0 bridgehead atoms. The zero-order chi connectivity index (χ0) is 17.3. The van der Waals surface area contributed by atoms with Gasteiger partial charge in [0.1, 0.15) is 5.60 Å². The number of allylic oxidation sites excluding steroid dienone is 1. The lowest BCUT2D eigenvalue weighted by atomic mass is 9.80. The van der Waals surface area contributed by atoms with Crippen molar-refractivity contribution in [1.82, 2.24) is 5.32 Å². The number of carbonyl (C=O) groups excluding carboxylic acids is 3. The van der Waals surface area contributed by atoms with Gasteiger partial charge in [0.2, 0.25) is 5.91 Å². The third-order valence-corrected chi connectivity index (χ3v) is 3.36. The van der Waals surface area contributed by atoms with E-state index in [1.54, 1.807) is 0 Å².